The van der Waals surface area contributed by atoms with Crippen molar-refractivity contribution >= 4 is 39.6 Å². The Balaban J connectivity index is 1.66. The number of rotatable bonds is 4. The van der Waals surface area contributed by atoms with Crippen LogP contribution in [0.2, 0.25) is 0 Å². The second kappa shape index (κ2) is 6.01. The van der Waals surface area contributed by atoms with Gasteiger partial charge in [0.1, 0.15) is 0 Å². The molecule has 26 heavy (non-hydrogen) atoms. The number of amides is 2. The number of nitro benzene ring substituents is 1. The normalized spacial score (nSPS) is 29.1. The number of imide groups is 1. The smallest absolute Gasteiger partial charge is 0.312 e. The Labute approximate surface area is 156 Å². The van der Waals surface area contributed by atoms with Gasteiger partial charge in [-0.05, 0) is 24.3 Å². The summed E-state index contributed by atoms with van der Waals surface area (Å²) in [6.45, 7) is 0. The Morgan fingerprint density at radius 1 is 1.27 bits per heavy atom. The number of hydrazone groups is 1. The van der Waals surface area contributed by atoms with E-state index in [4.69, 9.17) is 4.74 Å². The van der Waals surface area contributed by atoms with Crippen molar-refractivity contribution in [2.24, 2.45) is 28.8 Å². The fourth-order valence-corrected chi connectivity index (χ4v) is 4.64. The Morgan fingerprint density at radius 2 is 1.88 bits per heavy atom. The number of carbonyl (C=O) groups excluding carboxylic acids is 2. The maximum absolute atomic E-state index is 12.6. The minimum Gasteiger partial charge on any atom is -0.490 e. The zero-order valence-electron chi connectivity index (χ0n) is 13.7. The minimum absolute atomic E-state index is 0.0166. The molecule has 3 aliphatic rings. The van der Waals surface area contributed by atoms with Gasteiger partial charge in [0.25, 0.3) is 11.8 Å². The Kier molecular flexibility index (Phi) is 3.91. The molecule has 1 aliphatic heterocycles. The van der Waals surface area contributed by atoms with Gasteiger partial charge in [-0.2, -0.15) is 10.1 Å². The highest BCUT2D eigenvalue weighted by molar-refractivity contribution is 9.10. The summed E-state index contributed by atoms with van der Waals surface area (Å²) in [5.41, 5.74) is 0.0637. The SMILES string of the molecule is COc1c(C=NN2C(=O)[C@@H]3[C@H](C2=O)[C@H]2C=C[C@H]3C2)cc(Br)cc1[N+](=O)[O-]. The second-order valence-electron chi connectivity index (χ2n) is 6.54. The predicted octanol–water partition coefficient (Wildman–Crippen LogP) is 2.51. The number of hydrogen-bond donors (Lipinski definition) is 0. The Morgan fingerprint density at radius 3 is 2.42 bits per heavy atom. The summed E-state index contributed by atoms with van der Waals surface area (Å²) in [6, 6.07) is 2.89. The number of methoxy groups -OCH3 is 1. The molecule has 0 radical (unpaired) electrons. The van der Waals surface area contributed by atoms with E-state index in [-0.39, 0.29) is 46.9 Å². The third-order valence-electron chi connectivity index (χ3n) is 5.22. The predicted molar refractivity (Wildman–Crippen MR) is 94.5 cm³/mol. The maximum Gasteiger partial charge on any atom is 0.312 e. The summed E-state index contributed by atoms with van der Waals surface area (Å²) < 4.78 is 5.59. The van der Waals surface area contributed by atoms with Crippen LogP contribution < -0.4 is 4.74 Å². The van der Waals surface area contributed by atoms with Crippen LogP contribution >= 0.6 is 15.9 Å². The minimum atomic E-state index is -0.569. The molecule has 2 bridgehead atoms. The van der Waals surface area contributed by atoms with Crippen LogP contribution in [0.5, 0.6) is 5.75 Å². The molecule has 1 aromatic carbocycles. The Hall–Kier alpha value is -2.55. The first-order valence-corrected chi connectivity index (χ1v) is 8.83. The third kappa shape index (κ3) is 2.38. The van der Waals surface area contributed by atoms with Crippen LogP contribution in [0.3, 0.4) is 0 Å². The molecule has 0 N–H and O–H groups in total. The molecule has 1 saturated heterocycles. The average Bonchev–Trinajstić information content (AvgIpc) is 3.27. The van der Waals surface area contributed by atoms with Gasteiger partial charge in [-0.1, -0.05) is 28.1 Å². The number of nitrogens with zero attached hydrogens (tertiary/aromatic N) is 3. The summed E-state index contributed by atoms with van der Waals surface area (Å²) in [4.78, 5) is 35.9. The standard InChI is InChI=1S/C17H14BrN3O5/c1-26-15-10(5-11(18)6-12(15)21(24)25)7-19-20-16(22)13-8-2-3-9(4-8)14(13)17(20)23/h2-3,5-9,13-14H,4H2,1H3/t8-,9-,13-,14+/m0/s1. The lowest BCUT2D eigenvalue weighted by atomic mass is 9.85. The van der Waals surface area contributed by atoms with Gasteiger partial charge in [0.2, 0.25) is 5.75 Å². The highest BCUT2D eigenvalue weighted by Gasteiger charge is 2.59. The van der Waals surface area contributed by atoms with Crippen LogP contribution in [-0.4, -0.2) is 35.1 Å². The van der Waals surface area contributed by atoms with Crippen molar-refractivity contribution in [1.82, 2.24) is 5.01 Å². The maximum atomic E-state index is 12.6. The lowest BCUT2D eigenvalue weighted by Crippen LogP contribution is -2.28. The van der Waals surface area contributed by atoms with Crippen LogP contribution in [0.25, 0.3) is 0 Å². The fraction of sp³-hybridized carbons (Fsp3) is 0.353. The molecule has 1 aromatic rings. The topological polar surface area (TPSA) is 102 Å². The van der Waals surface area contributed by atoms with Crippen molar-refractivity contribution in [2.45, 2.75) is 6.42 Å². The van der Waals surface area contributed by atoms with E-state index in [1.807, 2.05) is 12.2 Å². The van der Waals surface area contributed by atoms with E-state index in [9.17, 15) is 19.7 Å². The number of hydrogen-bond acceptors (Lipinski definition) is 6. The van der Waals surface area contributed by atoms with E-state index < -0.39 is 4.92 Å². The van der Waals surface area contributed by atoms with Gasteiger partial charge >= 0.3 is 5.69 Å². The molecule has 1 saturated carbocycles. The summed E-state index contributed by atoms with van der Waals surface area (Å²) >= 11 is 3.21. The Bertz CT molecular complexity index is 867. The number of carbonyl (C=O) groups is 2. The van der Waals surface area contributed by atoms with E-state index >= 15 is 0 Å². The summed E-state index contributed by atoms with van der Waals surface area (Å²) in [7, 11) is 1.31. The first kappa shape index (κ1) is 16.9. The lowest BCUT2D eigenvalue weighted by Gasteiger charge is -2.13. The summed E-state index contributed by atoms with van der Waals surface area (Å²) in [5.74, 6) is -1.08. The summed E-state index contributed by atoms with van der Waals surface area (Å²) in [6.07, 6.45) is 6.11. The number of ether oxygens (including phenoxy) is 1. The fourth-order valence-electron chi connectivity index (χ4n) is 4.17. The van der Waals surface area contributed by atoms with Crippen molar-refractivity contribution < 1.29 is 19.2 Å². The molecule has 2 aliphatic carbocycles. The molecular weight excluding hydrogens is 406 g/mol. The highest BCUT2D eigenvalue weighted by Crippen LogP contribution is 2.52. The van der Waals surface area contributed by atoms with E-state index in [0.717, 1.165) is 11.4 Å². The van der Waals surface area contributed by atoms with Gasteiger partial charge in [-0.25, -0.2) is 0 Å². The van der Waals surface area contributed by atoms with Crippen LogP contribution in [0.4, 0.5) is 5.69 Å². The van der Waals surface area contributed by atoms with Gasteiger partial charge in [0.05, 0.1) is 30.1 Å². The van der Waals surface area contributed by atoms with Crippen molar-refractivity contribution in [3.05, 3.63) is 44.4 Å². The molecule has 0 spiro atoms. The van der Waals surface area contributed by atoms with Crippen LogP contribution in [0.1, 0.15) is 12.0 Å². The van der Waals surface area contributed by atoms with Gasteiger partial charge in [-0.3, -0.25) is 19.7 Å². The number of halogens is 1. The molecule has 4 rings (SSSR count). The van der Waals surface area contributed by atoms with Crippen molar-refractivity contribution in [3.63, 3.8) is 0 Å². The monoisotopic (exact) mass is 419 g/mol. The van der Waals surface area contributed by atoms with Gasteiger partial charge < -0.3 is 4.74 Å². The lowest BCUT2D eigenvalue weighted by molar-refractivity contribution is -0.385. The van der Waals surface area contributed by atoms with Crippen molar-refractivity contribution in [2.75, 3.05) is 7.11 Å². The molecule has 1 heterocycles. The van der Waals surface area contributed by atoms with E-state index in [0.29, 0.717) is 10.0 Å². The van der Waals surface area contributed by atoms with E-state index in [1.54, 1.807) is 6.07 Å². The number of nitro groups is 1. The molecule has 2 amide bonds. The number of fused-ring (bicyclic) bond motifs is 5. The van der Waals surface area contributed by atoms with Crippen LogP contribution in [0, 0.1) is 33.8 Å². The van der Waals surface area contributed by atoms with Crippen LogP contribution in [-0.2, 0) is 9.59 Å². The summed E-state index contributed by atoms with van der Waals surface area (Å²) in [5, 5.41) is 16.1. The molecule has 2 fully saturated rings. The molecule has 4 atom stereocenters. The number of benzene rings is 1. The van der Waals surface area contributed by atoms with Crippen molar-refractivity contribution in [3.8, 4) is 5.75 Å². The number of allylic oxidation sites excluding steroid dienone is 2. The molecule has 8 nitrogen and oxygen atoms in total. The zero-order valence-corrected chi connectivity index (χ0v) is 15.3. The first-order valence-electron chi connectivity index (χ1n) is 8.04. The first-order chi connectivity index (χ1) is 12.4. The van der Waals surface area contributed by atoms with Gasteiger partial charge in [0.15, 0.2) is 0 Å². The second-order valence-corrected chi connectivity index (χ2v) is 7.45. The largest absolute Gasteiger partial charge is 0.490 e. The molecular formula is C17H14BrN3O5. The van der Waals surface area contributed by atoms with E-state index in [1.165, 1.54) is 19.4 Å². The quantitative estimate of drug-likeness (QED) is 0.245. The highest BCUT2D eigenvalue weighted by atomic mass is 79.9. The molecule has 0 unspecified atom stereocenters. The molecule has 0 aromatic heterocycles. The van der Waals surface area contributed by atoms with E-state index in [2.05, 4.69) is 21.0 Å². The molecule has 134 valence electrons. The van der Waals surface area contributed by atoms with Crippen LogP contribution in [0.15, 0.2) is 33.9 Å². The van der Waals surface area contributed by atoms with Gasteiger partial charge in [0, 0.05) is 16.1 Å². The van der Waals surface area contributed by atoms with Crippen molar-refractivity contribution in [1.29, 1.82) is 0 Å². The average molecular weight is 420 g/mol. The molecule has 9 heteroatoms. The zero-order chi connectivity index (χ0) is 18.6. The third-order valence-corrected chi connectivity index (χ3v) is 5.68. The van der Waals surface area contributed by atoms with Gasteiger partial charge in [-0.15, -0.1) is 0 Å².